The molecular formula is C17H19N5O4S. The third kappa shape index (κ3) is 4.05. The van der Waals surface area contributed by atoms with E-state index in [1.54, 1.807) is 38.1 Å². The van der Waals surface area contributed by atoms with Crippen molar-refractivity contribution in [2.45, 2.75) is 26.7 Å². The van der Waals surface area contributed by atoms with Crippen molar-refractivity contribution in [2.75, 3.05) is 9.03 Å². The normalized spacial score (nSPS) is 13.9. The molecule has 1 aliphatic carbocycles. The summed E-state index contributed by atoms with van der Waals surface area (Å²) >= 11 is 0. The molecule has 0 unspecified atom stereocenters. The largest absolute Gasteiger partial charge is 0.350 e. The van der Waals surface area contributed by atoms with Crippen LogP contribution in [0.1, 0.15) is 34.6 Å². The molecule has 9 nitrogen and oxygen atoms in total. The van der Waals surface area contributed by atoms with Gasteiger partial charge in [0.2, 0.25) is 5.95 Å². The molecule has 3 rings (SSSR count). The molecule has 0 bridgehead atoms. The van der Waals surface area contributed by atoms with Crippen molar-refractivity contribution in [1.82, 2.24) is 9.97 Å². The Morgan fingerprint density at radius 1 is 1.15 bits per heavy atom. The number of anilines is 2. The number of nitrogens with two attached hydrogens (primary N) is 1. The second-order valence-corrected chi connectivity index (χ2v) is 7.86. The van der Waals surface area contributed by atoms with Crippen LogP contribution < -0.4 is 14.8 Å². The lowest BCUT2D eigenvalue weighted by Crippen LogP contribution is -2.45. The minimum absolute atomic E-state index is 0.0741. The number of Topliss-reactive ketones (excluding diaryl/α,β-unsaturated/α-hetero) is 1. The average Bonchev–Trinajstić information content (AvgIpc) is 3.37. The van der Waals surface area contributed by atoms with Gasteiger partial charge in [-0.1, -0.05) is 12.1 Å². The summed E-state index contributed by atoms with van der Waals surface area (Å²) < 4.78 is 28.2. The summed E-state index contributed by atoms with van der Waals surface area (Å²) in [7, 11) is -4.49. The molecule has 1 fully saturated rings. The summed E-state index contributed by atoms with van der Waals surface area (Å²) in [5, 5.41) is 0. The molecule has 1 saturated carbocycles. The summed E-state index contributed by atoms with van der Waals surface area (Å²) in [5.41, 5.74) is 6.55. The van der Waals surface area contributed by atoms with E-state index in [-0.39, 0.29) is 33.2 Å². The Kier molecular flexibility index (Phi) is 4.83. The van der Waals surface area contributed by atoms with Crippen LogP contribution in [0.3, 0.4) is 0 Å². The van der Waals surface area contributed by atoms with Gasteiger partial charge in [0.25, 0.3) is 0 Å². The maximum atomic E-state index is 12.8. The van der Waals surface area contributed by atoms with Gasteiger partial charge in [-0.2, -0.15) is 8.42 Å². The van der Waals surface area contributed by atoms with Crippen LogP contribution in [0.2, 0.25) is 0 Å². The summed E-state index contributed by atoms with van der Waals surface area (Å²) in [6, 6.07) is 6.59. The summed E-state index contributed by atoms with van der Waals surface area (Å²) in [6.07, 6.45) is 1.56. The SMILES string of the molecule is Cc1cc(C)nc(N(C(N)=O)S(=O)(=O)Nc2ccccc2C(=O)C2CC2)n1. The predicted molar refractivity (Wildman–Crippen MR) is 99.6 cm³/mol. The zero-order chi connectivity index (χ0) is 19.8. The van der Waals surface area contributed by atoms with Crippen LogP contribution in [0.15, 0.2) is 30.3 Å². The van der Waals surface area contributed by atoms with E-state index in [0.717, 1.165) is 12.8 Å². The van der Waals surface area contributed by atoms with E-state index in [0.29, 0.717) is 11.4 Å². The third-order valence-electron chi connectivity index (χ3n) is 3.97. The molecule has 142 valence electrons. The Morgan fingerprint density at radius 2 is 1.74 bits per heavy atom. The van der Waals surface area contributed by atoms with Gasteiger partial charge >= 0.3 is 16.2 Å². The number of carbonyl (C=O) groups excluding carboxylic acids is 2. The molecule has 3 N–H and O–H groups in total. The van der Waals surface area contributed by atoms with Crippen LogP contribution in [0, 0.1) is 19.8 Å². The predicted octanol–water partition coefficient (Wildman–Crippen LogP) is 1.93. The van der Waals surface area contributed by atoms with Crippen LogP contribution in [0.25, 0.3) is 0 Å². The number of ketones is 1. The van der Waals surface area contributed by atoms with Crippen molar-refractivity contribution in [2.24, 2.45) is 11.7 Å². The maximum absolute atomic E-state index is 12.8. The van der Waals surface area contributed by atoms with E-state index in [9.17, 15) is 18.0 Å². The fourth-order valence-electron chi connectivity index (χ4n) is 2.66. The lowest BCUT2D eigenvalue weighted by Gasteiger charge is -2.20. The minimum atomic E-state index is -4.49. The van der Waals surface area contributed by atoms with Crippen LogP contribution in [0.4, 0.5) is 16.4 Å². The van der Waals surface area contributed by atoms with Crippen molar-refractivity contribution in [3.63, 3.8) is 0 Å². The number of benzene rings is 1. The van der Waals surface area contributed by atoms with Crippen molar-refractivity contribution >= 4 is 33.7 Å². The van der Waals surface area contributed by atoms with Gasteiger partial charge < -0.3 is 5.73 Å². The van der Waals surface area contributed by atoms with Crippen LogP contribution in [-0.4, -0.2) is 30.2 Å². The Labute approximate surface area is 156 Å². The Bertz CT molecular complexity index is 997. The maximum Gasteiger partial charge on any atom is 0.337 e. The van der Waals surface area contributed by atoms with Gasteiger partial charge in [0, 0.05) is 22.9 Å². The van der Waals surface area contributed by atoms with Gasteiger partial charge in [-0.25, -0.2) is 14.8 Å². The lowest BCUT2D eigenvalue weighted by atomic mass is 10.1. The van der Waals surface area contributed by atoms with E-state index >= 15 is 0 Å². The highest BCUT2D eigenvalue weighted by Gasteiger charge is 2.34. The number of hydrogen-bond donors (Lipinski definition) is 2. The first-order chi connectivity index (χ1) is 12.7. The van der Waals surface area contributed by atoms with Gasteiger partial charge in [-0.05, 0) is 44.9 Å². The van der Waals surface area contributed by atoms with Crippen molar-refractivity contribution in [3.8, 4) is 0 Å². The number of nitrogens with one attached hydrogen (secondary N) is 1. The quantitative estimate of drug-likeness (QED) is 0.725. The van der Waals surface area contributed by atoms with E-state index in [1.165, 1.54) is 6.07 Å². The number of urea groups is 1. The number of para-hydroxylation sites is 1. The minimum Gasteiger partial charge on any atom is -0.350 e. The first-order valence-corrected chi connectivity index (χ1v) is 9.71. The lowest BCUT2D eigenvalue weighted by molar-refractivity contribution is 0.0968. The van der Waals surface area contributed by atoms with Crippen LogP contribution in [0.5, 0.6) is 0 Å². The first kappa shape index (κ1) is 18.8. The zero-order valence-electron chi connectivity index (χ0n) is 14.8. The number of nitrogens with zero attached hydrogens (tertiary/aromatic N) is 3. The number of aromatic nitrogens is 2. The van der Waals surface area contributed by atoms with Gasteiger partial charge in [0.15, 0.2) is 5.78 Å². The second kappa shape index (κ2) is 6.95. The number of carbonyl (C=O) groups is 2. The van der Waals surface area contributed by atoms with Crippen molar-refractivity contribution < 1.29 is 18.0 Å². The highest BCUT2D eigenvalue weighted by molar-refractivity contribution is 7.94. The molecule has 10 heteroatoms. The molecule has 0 aliphatic heterocycles. The highest BCUT2D eigenvalue weighted by atomic mass is 32.2. The van der Waals surface area contributed by atoms with Gasteiger partial charge in [0.05, 0.1) is 5.69 Å². The highest BCUT2D eigenvalue weighted by Crippen LogP contribution is 2.35. The molecular weight excluding hydrogens is 370 g/mol. The molecule has 0 saturated heterocycles. The number of rotatable bonds is 6. The molecule has 2 aromatic rings. The summed E-state index contributed by atoms with van der Waals surface area (Å²) in [5.74, 6) is -0.592. The van der Waals surface area contributed by atoms with E-state index in [2.05, 4.69) is 14.7 Å². The Morgan fingerprint density at radius 3 is 2.30 bits per heavy atom. The monoisotopic (exact) mass is 389 g/mol. The number of hydrogen-bond acceptors (Lipinski definition) is 6. The van der Waals surface area contributed by atoms with Gasteiger partial charge in [-0.15, -0.1) is 4.31 Å². The summed E-state index contributed by atoms with van der Waals surface area (Å²) in [6.45, 7) is 3.28. The Balaban J connectivity index is 1.99. The molecule has 1 aliphatic rings. The molecule has 1 aromatic carbocycles. The standard InChI is InChI=1S/C17H19N5O4S/c1-10-9-11(2)20-17(19-10)22(16(18)24)27(25,26)21-14-6-4-3-5-13(14)15(23)12-7-8-12/h3-6,9,12,21H,7-8H2,1-2H3,(H2,18,24). The van der Waals surface area contributed by atoms with Crippen LogP contribution in [-0.2, 0) is 10.2 Å². The fraction of sp³-hybridized carbons (Fsp3) is 0.294. The van der Waals surface area contributed by atoms with Crippen molar-refractivity contribution in [3.05, 3.63) is 47.3 Å². The number of amides is 2. The van der Waals surface area contributed by atoms with Crippen molar-refractivity contribution in [1.29, 1.82) is 0 Å². The molecule has 27 heavy (non-hydrogen) atoms. The number of aryl methyl sites for hydroxylation is 2. The summed E-state index contributed by atoms with van der Waals surface area (Å²) in [4.78, 5) is 32.3. The molecule has 0 spiro atoms. The van der Waals surface area contributed by atoms with Gasteiger partial charge in [-0.3, -0.25) is 9.52 Å². The zero-order valence-corrected chi connectivity index (χ0v) is 15.7. The van der Waals surface area contributed by atoms with Gasteiger partial charge in [0.1, 0.15) is 0 Å². The fourth-order valence-corrected chi connectivity index (χ4v) is 3.74. The van der Waals surface area contributed by atoms with E-state index in [1.807, 2.05) is 0 Å². The molecule has 1 heterocycles. The van der Waals surface area contributed by atoms with Crippen LogP contribution >= 0.6 is 0 Å². The second-order valence-electron chi connectivity index (χ2n) is 6.34. The smallest absolute Gasteiger partial charge is 0.337 e. The van der Waals surface area contributed by atoms with E-state index in [4.69, 9.17) is 5.73 Å². The molecule has 1 aromatic heterocycles. The van der Waals surface area contributed by atoms with E-state index < -0.39 is 16.2 Å². The number of primary amides is 1. The molecule has 0 radical (unpaired) electrons. The topological polar surface area (TPSA) is 135 Å². The first-order valence-electron chi connectivity index (χ1n) is 8.27. The average molecular weight is 389 g/mol. The third-order valence-corrected chi connectivity index (χ3v) is 5.27. The molecule has 0 atom stereocenters. The molecule has 2 amide bonds. The Hall–Kier alpha value is -3.01.